The molecule has 0 bridgehead atoms. The molecule has 0 aliphatic heterocycles. The Morgan fingerprint density at radius 3 is 2.58 bits per heavy atom. The molecule has 7 heteroatoms. The molecule has 0 radical (unpaired) electrons. The van der Waals surface area contributed by atoms with Gasteiger partial charge in [-0.3, -0.25) is 0 Å². The molecule has 1 N–H and O–H groups in total. The normalized spacial score (nSPS) is 11.6. The van der Waals surface area contributed by atoms with Gasteiger partial charge in [0, 0.05) is 6.08 Å². The highest BCUT2D eigenvalue weighted by Gasteiger charge is 2.28. The molecular weight excluding hydrogens is 265 g/mol. The second-order valence-corrected chi connectivity index (χ2v) is 3.49. The molecule has 1 aromatic rings. The van der Waals surface area contributed by atoms with Gasteiger partial charge in [-0.1, -0.05) is 6.07 Å². The maximum absolute atomic E-state index is 12.0. The van der Waals surface area contributed by atoms with Crippen LogP contribution in [0.4, 0.5) is 13.2 Å². The van der Waals surface area contributed by atoms with Gasteiger partial charge in [-0.15, -0.1) is 0 Å². The fraction of sp³-hybridized carbons (Fsp3) is 0.250. The number of hydrogen-bond donors (Lipinski definition) is 1. The van der Waals surface area contributed by atoms with E-state index in [1.54, 1.807) is 0 Å². The number of benzene rings is 1. The molecule has 0 saturated heterocycles. The van der Waals surface area contributed by atoms with Gasteiger partial charge in [-0.2, -0.15) is 13.2 Å². The topological polar surface area (TPSA) is 55.8 Å². The number of carbonyl (C=O) groups is 1. The smallest absolute Gasteiger partial charge is 0.422 e. The number of alkyl halides is 3. The Bertz CT molecular complexity index is 480. The van der Waals surface area contributed by atoms with Crippen LogP contribution in [0.1, 0.15) is 5.56 Å². The second kappa shape index (κ2) is 6.12. The summed E-state index contributed by atoms with van der Waals surface area (Å²) in [7, 11) is 1.28. The fourth-order valence-electron chi connectivity index (χ4n) is 1.23. The molecule has 4 nitrogen and oxygen atoms in total. The Balaban J connectivity index is 2.87. The van der Waals surface area contributed by atoms with Crippen LogP contribution in [0.2, 0.25) is 0 Å². The summed E-state index contributed by atoms with van der Waals surface area (Å²) >= 11 is 0. The molecule has 0 heterocycles. The van der Waals surface area contributed by atoms with Crippen molar-refractivity contribution in [1.29, 1.82) is 0 Å². The van der Waals surface area contributed by atoms with Crippen LogP contribution in [0.15, 0.2) is 24.3 Å². The van der Waals surface area contributed by atoms with E-state index in [0.717, 1.165) is 6.08 Å². The van der Waals surface area contributed by atoms with Gasteiger partial charge in [-0.05, 0) is 23.8 Å². The lowest BCUT2D eigenvalue weighted by molar-refractivity contribution is -0.153. The molecule has 0 aromatic heterocycles. The van der Waals surface area contributed by atoms with E-state index in [2.05, 4.69) is 4.74 Å². The predicted octanol–water partition coefficient (Wildman–Crippen LogP) is 2.73. The monoisotopic (exact) mass is 276 g/mol. The second-order valence-electron chi connectivity index (χ2n) is 3.49. The first-order chi connectivity index (χ1) is 8.81. The van der Waals surface area contributed by atoms with Crippen molar-refractivity contribution in [1.82, 2.24) is 0 Å². The summed E-state index contributed by atoms with van der Waals surface area (Å²) in [6.07, 6.45) is -2.24. The number of aliphatic carboxylic acids is 1. The standard InChI is InChI=1S/C12H11F3O4/c1-18-10-6-8(3-5-11(16)17)2-4-9(10)19-7-12(13,14)15/h2-6H,7H2,1H3,(H,16,17)/b5-3+. The Hall–Kier alpha value is -2.18. The van der Waals surface area contributed by atoms with Crippen molar-refractivity contribution in [3.05, 3.63) is 29.8 Å². The van der Waals surface area contributed by atoms with Gasteiger partial charge in [0.25, 0.3) is 0 Å². The Morgan fingerprint density at radius 1 is 1.37 bits per heavy atom. The summed E-state index contributed by atoms with van der Waals surface area (Å²) in [5, 5.41) is 8.46. The molecule has 0 aliphatic carbocycles. The van der Waals surface area contributed by atoms with E-state index in [0.29, 0.717) is 5.56 Å². The Morgan fingerprint density at radius 2 is 2.05 bits per heavy atom. The average Bonchev–Trinajstić information content (AvgIpc) is 2.33. The maximum atomic E-state index is 12.0. The molecule has 0 amide bonds. The number of rotatable bonds is 5. The third-order valence-corrected chi connectivity index (χ3v) is 2.00. The molecule has 0 spiro atoms. The van der Waals surface area contributed by atoms with Crippen molar-refractivity contribution >= 4 is 12.0 Å². The predicted molar refractivity (Wildman–Crippen MR) is 61.2 cm³/mol. The van der Waals surface area contributed by atoms with Gasteiger partial charge in [0.1, 0.15) is 0 Å². The van der Waals surface area contributed by atoms with E-state index < -0.39 is 18.8 Å². The fourth-order valence-corrected chi connectivity index (χ4v) is 1.23. The number of carboxylic acid groups (broad SMARTS) is 1. The van der Waals surface area contributed by atoms with Crippen LogP contribution >= 0.6 is 0 Å². The molecule has 0 atom stereocenters. The van der Waals surface area contributed by atoms with Crippen LogP contribution in [-0.2, 0) is 4.79 Å². The summed E-state index contributed by atoms with van der Waals surface area (Å²) in [6, 6.07) is 4.09. The van der Waals surface area contributed by atoms with Crippen molar-refractivity contribution < 1.29 is 32.5 Å². The van der Waals surface area contributed by atoms with Crippen LogP contribution < -0.4 is 9.47 Å². The molecule has 0 aliphatic rings. The van der Waals surface area contributed by atoms with Gasteiger partial charge in [0.05, 0.1) is 7.11 Å². The highest BCUT2D eigenvalue weighted by molar-refractivity contribution is 5.85. The van der Waals surface area contributed by atoms with E-state index in [-0.39, 0.29) is 11.5 Å². The number of methoxy groups -OCH3 is 1. The van der Waals surface area contributed by atoms with Crippen LogP contribution in [0.5, 0.6) is 11.5 Å². The van der Waals surface area contributed by atoms with E-state index in [9.17, 15) is 18.0 Å². The first kappa shape index (κ1) is 14.9. The summed E-state index contributed by atoms with van der Waals surface area (Å²) < 4.78 is 45.5. The van der Waals surface area contributed by atoms with Crippen molar-refractivity contribution in [3.63, 3.8) is 0 Å². The minimum atomic E-state index is -4.44. The molecular formula is C12H11F3O4. The lowest BCUT2D eigenvalue weighted by atomic mass is 10.2. The maximum Gasteiger partial charge on any atom is 0.422 e. The zero-order valence-corrected chi connectivity index (χ0v) is 9.90. The Labute approximate surface area is 107 Å². The largest absolute Gasteiger partial charge is 0.493 e. The lowest BCUT2D eigenvalue weighted by Gasteiger charge is -2.12. The van der Waals surface area contributed by atoms with Gasteiger partial charge in [0.15, 0.2) is 18.1 Å². The molecule has 0 unspecified atom stereocenters. The minimum absolute atomic E-state index is 0.0627. The first-order valence-corrected chi connectivity index (χ1v) is 5.10. The highest BCUT2D eigenvalue weighted by Crippen LogP contribution is 2.30. The summed E-state index contributed by atoms with van der Waals surface area (Å²) in [6.45, 7) is -1.42. The molecule has 19 heavy (non-hydrogen) atoms. The first-order valence-electron chi connectivity index (χ1n) is 5.10. The number of carboxylic acids is 1. The van der Waals surface area contributed by atoms with Crippen molar-refractivity contribution in [3.8, 4) is 11.5 Å². The summed E-state index contributed by atoms with van der Waals surface area (Å²) in [5.41, 5.74) is 0.471. The van der Waals surface area contributed by atoms with Crippen molar-refractivity contribution in [2.24, 2.45) is 0 Å². The van der Waals surface area contributed by atoms with Gasteiger partial charge in [-0.25, -0.2) is 4.79 Å². The lowest BCUT2D eigenvalue weighted by Crippen LogP contribution is -2.19. The zero-order chi connectivity index (χ0) is 14.5. The van der Waals surface area contributed by atoms with E-state index in [1.807, 2.05) is 0 Å². The van der Waals surface area contributed by atoms with Crippen molar-refractivity contribution in [2.45, 2.75) is 6.18 Å². The third-order valence-electron chi connectivity index (χ3n) is 2.00. The van der Waals surface area contributed by atoms with Crippen LogP contribution in [0.3, 0.4) is 0 Å². The Kier molecular flexibility index (Phi) is 4.80. The van der Waals surface area contributed by atoms with E-state index in [4.69, 9.17) is 9.84 Å². The molecule has 1 aromatic carbocycles. The zero-order valence-electron chi connectivity index (χ0n) is 9.90. The average molecular weight is 276 g/mol. The van der Waals surface area contributed by atoms with Gasteiger partial charge in [0.2, 0.25) is 0 Å². The number of hydrogen-bond acceptors (Lipinski definition) is 3. The van der Waals surface area contributed by atoms with Crippen molar-refractivity contribution in [2.75, 3.05) is 13.7 Å². The van der Waals surface area contributed by atoms with E-state index >= 15 is 0 Å². The van der Waals surface area contributed by atoms with Crippen LogP contribution in [0.25, 0.3) is 6.08 Å². The van der Waals surface area contributed by atoms with Crippen LogP contribution in [-0.4, -0.2) is 31.0 Å². The van der Waals surface area contributed by atoms with Gasteiger partial charge < -0.3 is 14.6 Å². The molecule has 104 valence electrons. The van der Waals surface area contributed by atoms with Gasteiger partial charge >= 0.3 is 12.1 Å². The SMILES string of the molecule is COc1cc(/C=C/C(=O)O)ccc1OCC(F)(F)F. The minimum Gasteiger partial charge on any atom is -0.493 e. The highest BCUT2D eigenvalue weighted by atomic mass is 19.4. The number of halogens is 3. The van der Waals surface area contributed by atoms with Crippen LogP contribution in [0, 0.1) is 0 Å². The number of ether oxygens (including phenoxy) is 2. The summed E-state index contributed by atoms with van der Waals surface area (Å²) in [4.78, 5) is 10.3. The van der Waals surface area contributed by atoms with E-state index in [1.165, 1.54) is 31.4 Å². The summed E-state index contributed by atoms with van der Waals surface area (Å²) in [5.74, 6) is -1.10. The molecule has 0 fully saturated rings. The third kappa shape index (κ3) is 5.33. The quantitative estimate of drug-likeness (QED) is 0.840. The molecule has 1 rings (SSSR count). The molecule has 0 saturated carbocycles.